The van der Waals surface area contributed by atoms with Gasteiger partial charge in [-0.1, -0.05) is 42.8 Å². The summed E-state index contributed by atoms with van der Waals surface area (Å²) in [5, 5.41) is 4.22. The van der Waals surface area contributed by atoms with Crippen LogP contribution in [0.15, 0.2) is 55.0 Å². The number of allylic oxidation sites excluding steroid dienone is 2. The Balaban J connectivity index is 1.71. The van der Waals surface area contributed by atoms with Crippen LogP contribution in [-0.4, -0.2) is 25.1 Å². The van der Waals surface area contributed by atoms with Gasteiger partial charge in [0.15, 0.2) is 0 Å². The number of hydrogen-bond donors (Lipinski definition) is 1. The largest absolute Gasteiger partial charge is 0.345 e. The zero-order valence-electron chi connectivity index (χ0n) is 14.8. The maximum atomic E-state index is 6.21. The standard InChI is InChI=1S/C20H20ClN5/c1-3-20(8-5-4-6-9-20)25-19-22-10-7-18(24-19)26-13-23-16-12-15(21)14(2)11-17(16)26/h4-8,10-13H,3,9H2,1-2H3,(H,22,24,25)/t20-/m1/s1. The second-order valence-corrected chi connectivity index (χ2v) is 6.98. The molecule has 0 amide bonds. The molecule has 0 fully saturated rings. The van der Waals surface area contributed by atoms with Crippen LogP contribution < -0.4 is 5.32 Å². The van der Waals surface area contributed by atoms with E-state index in [9.17, 15) is 0 Å². The molecule has 6 heteroatoms. The highest BCUT2D eigenvalue weighted by atomic mass is 35.5. The predicted molar refractivity (Wildman–Crippen MR) is 106 cm³/mol. The highest BCUT2D eigenvalue weighted by Gasteiger charge is 2.25. The van der Waals surface area contributed by atoms with Crippen molar-refractivity contribution in [3.05, 3.63) is 65.6 Å². The summed E-state index contributed by atoms with van der Waals surface area (Å²) in [6.07, 6.45) is 13.9. The number of rotatable bonds is 4. The van der Waals surface area contributed by atoms with Gasteiger partial charge in [0.05, 0.1) is 16.6 Å². The first-order valence-corrected chi connectivity index (χ1v) is 9.07. The first kappa shape index (κ1) is 16.8. The fourth-order valence-electron chi connectivity index (χ4n) is 3.19. The molecule has 1 aliphatic carbocycles. The number of nitrogens with zero attached hydrogens (tertiary/aromatic N) is 4. The molecule has 1 N–H and O–H groups in total. The maximum Gasteiger partial charge on any atom is 0.225 e. The lowest BCUT2D eigenvalue weighted by molar-refractivity contribution is 0.552. The van der Waals surface area contributed by atoms with E-state index in [1.807, 2.05) is 29.7 Å². The number of halogens is 1. The first-order valence-electron chi connectivity index (χ1n) is 8.69. The van der Waals surface area contributed by atoms with Crippen LogP contribution >= 0.6 is 11.6 Å². The van der Waals surface area contributed by atoms with E-state index in [1.54, 1.807) is 12.5 Å². The molecule has 26 heavy (non-hydrogen) atoms. The lowest BCUT2D eigenvalue weighted by Gasteiger charge is -2.31. The molecular formula is C20H20ClN5. The zero-order valence-corrected chi connectivity index (χ0v) is 15.5. The number of nitrogens with one attached hydrogen (secondary N) is 1. The van der Waals surface area contributed by atoms with Gasteiger partial charge in [0.1, 0.15) is 12.1 Å². The van der Waals surface area contributed by atoms with E-state index >= 15 is 0 Å². The fourth-order valence-corrected chi connectivity index (χ4v) is 3.35. The van der Waals surface area contributed by atoms with Crippen molar-refractivity contribution >= 4 is 28.6 Å². The molecule has 0 radical (unpaired) electrons. The van der Waals surface area contributed by atoms with E-state index < -0.39 is 0 Å². The summed E-state index contributed by atoms with van der Waals surface area (Å²) in [4.78, 5) is 13.6. The molecule has 1 atom stereocenters. The van der Waals surface area contributed by atoms with Crippen LogP contribution in [0.3, 0.4) is 0 Å². The Morgan fingerprint density at radius 1 is 1.27 bits per heavy atom. The number of benzene rings is 1. The van der Waals surface area contributed by atoms with Gasteiger partial charge in [-0.05, 0) is 43.5 Å². The lowest BCUT2D eigenvalue weighted by atomic mass is 9.89. The molecule has 0 saturated heterocycles. The Bertz CT molecular complexity index is 1020. The summed E-state index contributed by atoms with van der Waals surface area (Å²) in [6.45, 7) is 4.15. The molecular weight excluding hydrogens is 346 g/mol. The van der Waals surface area contributed by atoms with Gasteiger partial charge in [0.2, 0.25) is 5.95 Å². The van der Waals surface area contributed by atoms with E-state index in [1.165, 1.54) is 0 Å². The number of fused-ring (bicyclic) bond motifs is 1. The minimum Gasteiger partial charge on any atom is -0.345 e. The highest BCUT2D eigenvalue weighted by molar-refractivity contribution is 6.32. The summed E-state index contributed by atoms with van der Waals surface area (Å²) in [7, 11) is 0. The average molecular weight is 366 g/mol. The Morgan fingerprint density at radius 2 is 2.15 bits per heavy atom. The van der Waals surface area contributed by atoms with E-state index in [-0.39, 0.29) is 5.54 Å². The van der Waals surface area contributed by atoms with Crippen molar-refractivity contribution in [2.24, 2.45) is 0 Å². The van der Waals surface area contributed by atoms with Crippen LogP contribution in [0.25, 0.3) is 16.9 Å². The van der Waals surface area contributed by atoms with Gasteiger partial charge in [-0.15, -0.1) is 0 Å². The van der Waals surface area contributed by atoms with Gasteiger partial charge in [-0.25, -0.2) is 9.97 Å². The molecule has 2 heterocycles. The van der Waals surface area contributed by atoms with E-state index in [0.29, 0.717) is 5.95 Å². The monoisotopic (exact) mass is 365 g/mol. The molecule has 132 valence electrons. The van der Waals surface area contributed by atoms with Crippen molar-refractivity contribution in [3.63, 3.8) is 0 Å². The second kappa shape index (κ2) is 6.57. The average Bonchev–Trinajstić information content (AvgIpc) is 3.06. The van der Waals surface area contributed by atoms with Crippen molar-refractivity contribution in [3.8, 4) is 5.82 Å². The lowest BCUT2D eigenvalue weighted by Crippen LogP contribution is -2.36. The topological polar surface area (TPSA) is 55.6 Å². The Hall–Kier alpha value is -2.66. The van der Waals surface area contributed by atoms with Crippen molar-refractivity contribution < 1.29 is 0 Å². The molecule has 0 unspecified atom stereocenters. The number of imidazole rings is 1. The predicted octanol–water partition coefficient (Wildman–Crippen LogP) is 4.85. The third kappa shape index (κ3) is 2.99. The third-order valence-electron chi connectivity index (χ3n) is 4.85. The number of anilines is 1. The number of hydrogen-bond acceptors (Lipinski definition) is 4. The summed E-state index contributed by atoms with van der Waals surface area (Å²) < 4.78 is 1.96. The quantitative estimate of drug-likeness (QED) is 0.717. The van der Waals surface area contributed by atoms with Gasteiger partial charge >= 0.3 is 0 Å². The van der Waals surface area contributed by atoms with E-state index in [4.69, 9.17) is 16.6 Å². The molecule has 0 aliphatic heterocycles. The van der Waals surface area contributed by atoms with Crippen LogP contribution in [0.4, 0.5) is 5.95 Å². The van der Waals surface area contributed by atoms with Gasteiger partial charge in [0.25, 0.3) is 0 Å². The molecule has 0 saturated carbocycles. The first-order chi connectivity index (χ1) is 12.6. The Kier molecular flexibility index (Phi) is 4.24. The van der Waals surface area contributed by atoms with Gasteiger partial charge in [-0.2, -0.15) is 4.98 Å². The molecule has 0 bridgehead atoms. The van der Waals surface area contributed by atoms with Crippen molar-refractivity contribution in [1.29, 1.82) is 0 Å². The molecule has 4 rings (SSSR count). The van der Waals surface area contributed by atoms with Crippen molar-refractivity contribution in [2.75, 3.05) is 5.32 Å². The maximum absolute atomic E-state index is 6.21. The number of aromatic nitrogens is 4. The summed E-state index contributed by atoms with van der Waals surface area (Å²) in [6, 6.07) is 5.79. The molecule has 1 aromatic carbocycles. The normalized spacial score (nSPS) is 19.2. The molecule has 2 aromatic heterocycles. The minimum absolute atomic E-state index is 0.144. The van der Waals surface area contributed by atoms with Crippen LogP contribution in [-0.2, 0) is 0 Å². The SMILES string of the molecule is CC[C@@]1(Nc2nccc(-n3cnc4cc(Cl)c(C)cc43)n2)C=CC=CC1. The fraction of sp³-hybridized carbons (Fsp3) is 0.250. The highest BCUT2D eigenvalue weighted by Crippen LogP contribution is 2.27. The van der Waals surface area contributed by atoms with Crippen molar-refractivity contribution in [2.45, 2.75) is 32.2 Å². The van der Waals surface area contributed by atoms with Crippen LogP contribution in [0.5, 0.6) is 0 Å². The molecule has 3 aromatic rings. The van der Waals surface area contributed by atoms with Crippen LogP contribution in [0.1, 0.15) is 25.3 Å². The summed E-state index contributed by atoms with van der Waals surface area (Å²) in [5.41, 5.74) is 2.69. The molecule has 0 spiro atoms. The minimum atomic E-state index is -0.144. The van der Waals surface area contributed by atoms with E-state index in [0.717, 1.165) is 40.3 Å². The molecule has 1 aliphatic rings. The smallest absolute Gasteiger partial charge is 0.225 e. The van der Waals surface area contributed by atoms with Crippen LogP contribution in [0, 0.1) is 6.92 Å². The molecule has 5 nitrogen and oxygen atoms in total. The summed E-state index contributed by atoms with van der Waals surface area (Å²) >= 11 is 6.21. The van der Waals surface area contributed by atoms with Crippen molar-refractivity contribution in [1.82, 2.24) is 19.5 Å². The van der Waals surface area contributed by atoms with Gasteiger partial charge < -0.3 is 5.32 Å². The summed E-state index contributed by atoms with van der Waals surface area (Å²) in [5.74, 6) is 1.38. The zero-order chi connectivity index (χ0) is 18.1. The Labute approximate surface area is 157 Å². The van der Waals surface area contributed by atoms with E-state index in [2.05, 4.69) is 46.5 Å². The second-order valence-electron chi connectivity index (χ2n) is 6.57. The third-order valence-corrected chi connectivity index (χ3v) is 5.26. The number of aryl methyl sites for hydroxylation is 1. The van der Waals surface area contributed by atoms with Crippen LogP contribution in [0.2, 0.25) is 5.02 Å². The van der Waals surface area contributed by atoms with Gasteiger partial charge in [0, 0.05) is 11.2 Å². The van der Waals surface area contributed by atoms with Gasteiger partial charge in [-0.3, -0.25) is 4.57 Å². The Morgan fingerprint density at radius 3 is 2.92 bits per heavy atom.